The summed E-state index contributed by atoms with van der Waals surface area (Å²) in [6, 6.07) is 2.27. The van der Waals surface area contributed by atoms with Crippen LogP contribution in [-0.4, -0.2) is 69.5 Å². The van der Waals surface area contributed by atoms with Crippen molar-refractivity contribution >= 4 is 41.3 Å². The molecule has 0 spiro atoms. The van der Waals surface area contributed by atoms with Crippen LogP contribution < -0.4 is 10.6 Å². The molecule has 0 bridgehead atoms. The SMILES string of the molecule is CCNC(=NCCCOC1CCOC1)NCCN1CCc2sccc2C1.I. The number of halogens is 1. The molecule has 154 valence electrons. The van der Waals surface area contributed by atoms with Crippen LogP contribution in [0.4, 0.5) is 0 Å². The highest BCUT2D eigenvalue weighted by atomic mass is 127. The Balaban J connectivity index is 0.00000261. The van der Waals surface area contributed by atoms with Crippen LogP contribution in [0.25, 0.3) is 0 Å². The predicted octanol–water partition coefficient (Wildman–Crippen LogP) is 2.47. The van der Waals surface area contributed by atoms with Gasteiger partial charge in [-0.05, 0) is 43.2 Å². The second-order valence-electron chi connectivity index (χ2n) is 6.79. The van der Waals surface area contributed by atoms with Gasteiger partial charge in [-0.1, -0.05) is 0 Å². The molecule has 27 heavy (non-hydrogen) atoms. The topological polar surface area (TPSA) is 58.1 Å². The Morgan fingerprint density at radius 2 is 2.37 bits per heavy atom. The van der Waals surface area contributed by atoms with Gasteiger partial charge in [-0.2, -0.15) is 0 Å². The molecule has 2 aliphatic heterocycles. The van der Waals surface area contributed by atoms with Gasteiger partial charge in [0.15, 0.2) is 5.96 Å². The van der Waals surface area contributed by atoms with Crippen molar-refractivity contribution in [3.63, 3.8) is 0 Å². The Labute approximate surface area is 184 Å². The summed E-state index contributed by atoms with van der Waals surface area (Å²) in [5, 5.41) is 9.00. The van der Waals surface area contributed by atoms with Crippen LogP contribution in [0.3, 0.4) is 0 Å². The van der Waals surface area contributed by atoms with Crippen LogP contribution in [0.5, 0.6) is 0 Å². The third kappa shape index (κ3) is 7.84. The first-order valence-corrected chi connectivity index (χ1v) is 10.7. The lowest BCUT2D eigenvalue weighted by atomic mass is 10.1. The number of guanidine groups is 1. The van der Waals surface area contributed by atoms with Gasteiger partial charge in [0.1, 0.15) is 0 Å². The van der Waals surface area contributed by atoms with Crippen molar-refractivity contribution in [1.29, 1.82) is 0 Å². The van der Waals surface area contributed by atoms with E-state index in [-0.39, 0.29) is 24.0 Å². The smallest absolute Gasteiger partial charge is 0.191 e. The van der Waals surface area contributed by atoms with Gasteiger partial charge in [-0.25, -0.2) is 0 Å². The number of nitrogens with zero attached hydrogens (tertiary/aromatic N) is 2. The number of hydrogen-bond acceptors (Lipinski definition) is 5. The number of fused-ring (bicyclic) bond motifs is 1. The van der Waals surface area contributed by atoms with Crippen molar-refractivity contribution in [2.24, 2.45) is 4.99 Å². The Morgan fingerprint density at radius 3 is 3.19 bits per heavy atom. The first-order chi connectivity index (χ1) is 12.8. The first-order valence-electron chi connectivity index (χ1n) is 9.84. The van der Waals surface area contributed by atoms with Crippen molar-refractivity contribution in [2.45, 2.75) is 38.8 Å². The Morgan fingerprint density at radius 1 is 1.44 bits per heavy atom. The molecule has 2 N–H and O–H groups in total. The standard InChI is InChI=1S/C19H32N4O2S.HI/c1-2-20-19(21-7-3-11-25-17-5-12-24-15-17)22-8-10-23-9-4-18-16(14-23)6-13-26-18;/h6,13,17H,2-5,7-12,14-15H2,1H3,(H2,20,21,22);1H. The second-order valence-corrected chi connectivity index (χ2v) is 7.79. The van der Waals surface area contributed by atoms with E-state index in [0.29, 0.717) is 6.10 Å². The summed E-state index contributed by atoms with van der Waals surface area (Å²) in [7, 11) is 0. The zero-order valence-corrected chi connectivity index (χ0v) is 19.4. The summed E-state index contributed by atoms with van der Waals surface area (Å²) < 4.78 is 11.1. The molecule has 1 aromatic rings. The summed E-state index contributed by atoms with van der Waals surface area (Å²) in [5.41, 5.74) is 1.51. The van der Waals surface area contributed by atoms with Crippen molar-refractivity contribution in [1.82, 2.24) is 15.5 Å². The summed E-state index contributed by atoms with van der Waals surface area (Å²) in [5.74, 6) is 0.907. The van der Waals surface area contributed by atoms with Gasteiger partial charge in [0.2, 0.25) is 0 Å². The zero-order valence-electron chi connectivity index (χ0n) is 16.2. The van der Waals surface area contributed by atoms with E-state index in [0.717, 1.165) is 77.9 Å². The molecule has 0 aliphatic carbocycles. The van der Waals surface area contributed by atoms with E-state index < -0.39 is 0 Å². The van der Waals surface area contributed by atoms with Crippen molar-refractivity contribution in [2.75, 3.05) is 52.5 Å². The summed E-state index contributed by atoms with van der Waals surface area (Å²) in [6.45, 7) is 10.3. The molecule has 1 fully saturated rings. The van der Waals surface area contributed by atoms with Crippen molar-refractivity contribution in [3.8, 4) is 0 Å². The lowest BCUT2D eigenvalue weighted by Crippen LogP contribution is -2.42. The average Bonchev–Trinajstić information content (AvgIpc) is 3.32. The summed E-state index contributed by atoms with van der Waals surface area (Å²) in [6.07, 6.45) is 3.45. The largest absolute Gasteiger partial charge is 0.379 e. The van der Waals surface area contributed by atoms with Gasteiger partial charge in [0.05, 0.1) is 12.7 Å². The number of ether oxygens (including phenoxy) is 2. The van der Waals surface area contributed by atoms with E-state index >= 15 is 0 Å². The van der Waals surface area contributed by atoms with Gasteiger partial charge in [0.25, 0.3) is 0 Å². The molecule has 8 heteroatoms. The fourth-order valence-corrected chi connectivity index (χ4v) is 4.21. The van der Waals surface area contributed by atoms with Gasteiger partial charge in [0, 0.05) is 57.4 Å². The van der Waals surface area contributed by atoms with Gasteiger partial charge in [-0.3, -0.25) is 9.89 Å². The molecule has 1 atom stereocenters. The minimum Gasteiger partial charge on any atom is -0.379 e. The predicted molar refractivity (Wildman–Crippen MR) is 122 cm³/mol. The summed E-state index contributed by atoms with van der Waals surface area (Å²) in [4.78, 5) is 8.74. The average molecular weight is 508 g/mol. The highest BCUT2D eigenvalue weighted by Crippen LogP contribution is 2.23. The number of aliphatic imine (C=N–C) groups is 1. The molecule has 0 amide bonds. The monoisotopic (exact) mass is 508 g/mol. The van der Waals surface area contributed by atoms with E-state index in [4.69, 9.17) is 9.47 Å². The molecule has 1 unspecified atom stereocenters. The summed E-state index contributed by atoms with van der Waals surface area (Å²) >= 11 is 1.90. The van der Waals surface area contributed by atoms with Crippen LogP contribution in [0.15, 0.2) is 16.4 Å². The number of thiophene rings is 1. The number of nitrogens with one attached hydrogen (secondary N) is 2. The maximum atomic E-state index is 5.79. The second kappa shape index (κ2) is 12.9. The zero-order chi connectivity index (χ0) is 18.0. The molecular formula is C19H33IN4O2S. The van der Waals surface area contributed by atoms with E-state index in [1.54, 1.807) is 4.88 Å². The van der Waals surface area contributed by atoms with Crippen LogP contribution in [0.2, 0.25) is 0 Å². The molecule has 6 nitrogen and oxygen atoms in total. The minimum absolute atomic E-state index is 0. The third-order valence-electron chi connectivity index (χ3n) is 4.77. The van der Waals surface area contributed by atoms with E-state index in [9.17, 15) is 0 Å². The highest BCUT2D eigenvalue weighted by molar-refractivity contribution is 14.0. The van der Waals surface area contributed by atoms with Gasteiger partial charge in [-0.15, -0.1) is 35.3 Å². The normalized spacial score (nSPS) is 20.2. The molecule has 3 rings (SSSR count). The van der Waals surface area contributed by atoms with Crippen LogP contribution in [0, 0.1) is 0 Å². The lowest BCUT2D eigenvalue weighted by Gasteiger charge is -2.27. The maximum absolute atomic E-state index is 5.79. The van der Waals surface area contributed by atoms with Gasteiger partial charge < -0.3 is 20.1 Å². The maximum Gasteiger partial charge on any atom is 0.191 e. The van der Waals surface area contributed by atoms with Crippen molar-refractivity contribution in [3.05, 3.63) is 21.9 Å². The fraction of sp³-hybridized carbons (Fsp3) is 0.737. The molecular weight excluding hydrogens is 475 g/mol. The molecule has 0 saturated carbocycles. The van der Waals surface area contributed by atoms with Gasteiger partial charge >= 0.3 is 0 Å². The van der Waals surface area contributed by atoms with Crippen LogP contribution in [0.1, 0.15) is 30.2 Å². The number of hydrogen-bond donors (Lipinski definition) is 2. The molecule has 3 heterocycles. The van der Waals surface area contributed by atoms with Crippen molar-refractivity contribution < 1.29 is 9.47 Å². The Bertz CT molecular complexity index is 564. The molecule has 1 saturated heterocycles. The van der Waals surface area contributed by atoms with E-state index in [1.807, 2.05) is 11.3 Å². The van der Waals surface area contributed by atoms with Crippen LogP contribution in [-0.2, 0) is 22.4 Å². The minimum atomic E-state index is 0. The lowest BCUT2D eigenvalue weighted by molar-refractivity contribution is 0.0424. The number of rotatable bonds is 9. The fourth-order valence-electron chi connectivity index (χ4n) is 3.32. The van der Waals surface area contributed by atoms with Crippen LogP contribution >= 0.6 is 35.3 Å². The van der Waals surface area contributed by atoms with E-state index in [1.165, 1.54) is 12.0 Å². The quantitative estimate of drug-likeness (QED) is 0.232. The third-order valence-corrected chi connectivity index (χ3v) is 5.79. The highest BCUT2D eigenvalue weighted by Gasteiger charge is 2.17. The molecule has 2 aliphatic rings. The Kier molecular flexibility index (Phi) is 10.9. The molecule has 0 radical (unpaired) electrons. The van der Waals surface area contributed by atoms with E-state index in [2.05, 4.69) is 38.9 Å². The molecule has 0 aromatic carbocycles. The molecule has 1 aromatic heterocycles. The first kappa shape index (κ1) is 22.9. The Hall–Kier alpha value is -0.420.